The van der Waals surface area contributed by atoms with Crippen molar-refractivity contribution >= 4 is 17.9 Å². The second kappa shape index (κ2) is 5.44. The zero-order chi connectivity index (χ0) is 15.7. The van der Waals surface area contributed by atoms with Crippen molar-refractivity contribution in [3.63, 3.8) is 0 Å². The average Bonchev–Trinajstić information content (AvgIpc) is 2.72. The number of carbonyl (C=O) groups excluding carboxylic acids is 3. The summed E-state index contributed by atoms with van der Waals surface area (Å²) in [6, 6.07) is 7.40. The predicted molar refractivity (Wildman–Crippen MR) is 78.1 cm³/mol. The van der Waals surface area contributed by atoms with Gasteiger partial charge in [0.15, 0.2) is 0 Å². The standard InChI is InChI=1S/C16H18N2O4/c1-2-22-13(19)10-18-14(20)16(17-15(18)21)8-7-11-5-3-4-6-12(11)9-16/h3-6H,2,7-10H2,1H3,(H,17,21)/t16-/m1/s1. The third kappa shape index (κ3) is 2.34. The van der Waals surface area contributed by atoms with Gasteiger partial charge in [0, 0.05) is 6.42 Å². The van der Waals surface area contributed by atoms with Gasteiger partial charge >= 0.3 is 12.0 Å². The molecule has 1 aromatic rings. The third-order valence-electron chi connectivity index (χ3n) is 4.27. The van der Waals surface area contributed by atoms with E-state index < -0.39 is 17.5 Å². The van der Waals surface area contributed by atoms with Crippen LogP contribution < -0.4 is 5.32 Å². The van der Waals surface area contributed by atoms with Crippen molar-refractivity contribution in [2.45, 2.75) is 31.7 Å². The molecule has 1 atom stereocenters. The number of urea groups is 1. The van der Waals surface area contributed by atoms with E-state index in [0.717, 1.165) is 16.9 Å². The Morgan fingerprint density at radius 2 is 2.05 bits per heavy atom. The molecule has 1 saturated heterocycles. The van der Waals surface area contributed by atoms with Gasteiger partial charge in [0.2, 0.25) is 0 Å². The summed E-state index contributed by atoms with van der Waals surface area (Å²) in [4.78, 5) is 37.3. The van der Waals surface area contributed by atoms with Crippen molar-refractivity contribution in [1.29, 1.82) is 0 Å². The first kappa shape index (κ1) is 14.6. The van der Waals surface area contributed by atoms with Crippen LogP contribution in [-0.2, 0) is 27.2 Å². The van der Waals surface area contributed by atoms with Gasteiger partial charge in [-0.05, 0) is 30.9 Å². The number of amides is 3. The Kier molecular flexibility index (Phi) is 3.60. The molecule has 1 fully saturated rings. The highest BCUT2D eigenvalue weighted by Gasteiger charge is 2.52. The van der Waals surface area contributed by atoms with Crippen molar-refractivity contribution in [1.82, 2.24) is 10.2 Å². The van der Waals surface area contributed by atoms with Gasteiger partial charge in [0.25, 0.3) is 5.91 Å². The molecule has 0 aromatic heterocycles. The normalized spacial score (nSPS) is 23.4. The van der Waals surface area contributed by atoms with E-state index >= 15 is 0 Å². The molecule has 1 heterocycles. The molecule has 0 radical (unpaired) electrons. The van der Waals surface area contributed by atoms with Gasteiger partial charge < -0.3 is 10.1 Å². The summed E-state index contributed by atoms with van der Waals surface area (Å²) in [6.45, 7) is 1.58. The second-order valence-corrected chi connectivity index (χ2v) is 5.65. The zero-order valence-corrected chi connectivity index (χ0v) is 12.4. The van der Waals surface area contributed by atoms with Gasteiger partial charge in [-0.25, -0.2) is 4.79 Å². The van der Waals surface area contributed by atoms with Crippen LogP contribution in [0.3, 0.4) is 0 Å². The molecule has 116 valence electrons. The molecule has 2 aliphatic rings. The lowest BCUT2D eigenvalue weighted by molar-refractivity contribution is -0.147. The van der Waals surface area contributed by atoms with E-state index in [2.05, 4.69) is 5.32 Å². The number of aryl methyl sites for hydroxylation is 1. The summed E-state index contributed by atoms with van der Waals surface area (Å²) in [6.07, 6.45) is 1.75. The molecule has 1 aromatic carbocycles. The SMILES string of the molecule is CCOC(=O)CN1C(=O)N[C@@]2(CCc3ccccc3C2)C1=O. The number of fused-ring (bicyclic) bond motifs is 1. The molecular weight excluding hydrogens is 284 g/mol. The Morgan fingerprint density at radius 1 is 1.32 bits per heavy atom. The molecule has 1 N–H and O–H groups in total. The molecule has 0 saturated carbocycles. The van der Waals surface area contributed by atoms with Crippen molar-refractivity contribution in [3.05, 3.63) is 35.4 Å². The summed E-state index contributed by atoms with van der Waals surface area (Å²) >= 11 is 0. The van der Waals surface area contributed by atoms with E-state index in [9.17, 15) is 14.4 Å². The minimum atomic E-state index is -0.919. The quantitative estimate of drug-likeness (QED) is 0.668. The highest BCUT2D eigenvalue weighted by molar-refractivity contribution is 6.09. The highest BCUT2D eigenvalue weighted by Crippen LogP contribution is 2.33. The number of carbonyl (C=O) groups is 3. The summed E-state index contributed by atoms with van der Waals surface area (Å²) in [5.74, 6) is -0.903. The minimum absolute atomic E-state index is 0.223. The fraction of sp³-hybridized carbons (Fsp3) is 0.438. The maximum atomic E-state index is 12.7. The highest BCUT2D eigenvalue weighted by atomic mass is 16.5. The summed E-state index contributed by atoms with van der Waals surface area (Å²) in [5.41, 5.74) is 1.36. The second-order valence-electron chi connectivity index (χ2n) is 5.65. The molecular formula is C16H18N2O4. The van der Waals surface area contributed by atoms with Crippen LogP contribution in [0.5, 0.6) is 0 Å². The smallest absolute Gasteiger partial charge is 0.326 e. The van der Waals surface area contributed by atoms with Crippen LogP contribution in [0.25, 0.3) is 0 Å². The lowest BCUT2D eigenvalue weighted by atomic mass is 9.78. The lowest BCUT2D eigenvalue weighted by Crippen LogP contribution is -2.51. The van der Waals surface area contributed by atoms with E-state index in [0.29, 0.717) is 12.8 Å². The Morgan fingerprint density at radius 3 is 2.77 bits per heavy atom. The van der Waals surface area contributed by atoms with Crippen molar-refractivity contribution in [2.75, 3.05) is 13.2 Å². The van der Waals surface area contributed by atoms with Crippen molar-refractivity contribution in [2.24, 2.45) is 0 Å². The number of hydrogen-bond donors (Lipinski definition) is 1. The zero-order valence-electron chi connectivity index (χ0n) is 12.4. The van der Waals surface area contributed by atoms with Gasteiger partial charge in [-0.1, -0.05) is 24.3 Å². The number of ether oxygens (including phenoxy) is 1. The number of rotatable bonds is 3. The third-order valence-corrected chi connectivity index (χ3v) is 4.27. The van der Waals surface area contributed by atoms with Crippen LogP contribution in [-0.4, -0.2) is 41.5 Å². The molecule has 0 unspecified atom stereocenters. The Labute approximate surface area is 128 Å². The Balaban J connectivity index is 1.81. The molecule has 6 nitrogen and oxygen atoms in total. The molecule has 1 spiro atoms. The van der Waals surface area contributed by atoms with Gasteiger partial charge in [0.05, 0.1) is 6.61 Å². The summed E-state index contributed by atoms with van der Waals surface area (Å²) in [5, 5.41) is 2.79. The maximum Gasteiger partial charge on any atom is 0.326 e. The van der Waals surface area contributed by atoms with E-state index in [1.807, 2.05) is 24.3 Å². The van der Waals surface area contributed by atoms with E-state index in [1.165, 1.54) is 5.56 Å². The largest absolute Gasteiger partial charge is 0.465 e. The van der Waals surface area contributed by atoms with Crippen LogP contribution in [0.1, 0.15) is 24.5 Å². The van der Waals surface area contributed by atoms with Crippen LogP contribution in [0, 0.1) is 0 Å². The minimum Gasteiger partial charge on any atom is -0.465 e. The number of nitrogens with one attached hydrogen (secondary N) is 1. The molecule has 22 heavy (non-hydrogen) atoms. The first-order valence-corrected chi connectivity index (χ1v) is 7.42. The summed E-state index contributed by atoms with van der Waals surface area (Å²) < 4.78 is 4.82. The van der Waals surface area contributed by atoms with Crippen LogP contribution in [0.15, 0.2) is 24.3 Å². The fourth-order valence-corrected chi connectivity index (χ4v) is 3.18. The van der Waals surface area contributed by atoms with Crippen molar-refractivity contribution < 1.29 is 19.1 Å². The number of benzene rings is 1. The monoisotopic (exact) mass is 302 g/mol. The molecule has 1 aliphatic carbocycles. The molecule has 3 amide bonds. The number of esters is 1. The van der Waals surface area contributed by atoms with Crippen LogP contribution >= 0.6 is 0 Å². The van der Waals surface area contributed by atoms with E-state index in [4.69, 9.17) is 4.74 Å². The average molecular weight is 302 g/mol. The van der Waals surface area contributed by atoms with Gasteiger partial charge in [-0.15, -0.1) is 0 Å². The van der Waals surface area contributed by atoms with Crippen molar-refractivity contribution in [3.8, 4) is 0 Å². The van der Waals surface area contributed by atoms with Gasteiger partial charge in [0.1, 0.15) is 12.1 Å². The van der Waals surface area contributed by atoms with E-state index in [-0.39, 0.29) is 19.1 Å². The maximum absolute atomic E-state index is 12.7. The molecule has 3 rings (SSSR count). The number of imide groups is 1. The van der Waals surface area contributed by atoms with Crippen LogP contribution in [0.2, 0.25) is 0 Å². The topological polar surface area (TPSA) is 75.7 Å². The number of hydrogen-bond acceptors (Lipinski definition) is 4. The lowest BCUT2D eigenvalue weighted by Gasteiger charge is -2.32. The fourth-order valence-electron chi connectivity index (χ4n) is 3.18. The Bertz CT molecular complexity index is 643. The first-order chi connectivity index (χ1) is 10.6. The Hall–Kier alpha value is -2.37. The molecule has 1 aliphatic heterocycles. The van der Waals surface area contributed by atoms with Gasteiger partial charge in [-0.3, -0.25) is 14.5 Å². The van der Waals surface area contributed by atoms with E-state index in [1.54, 1.807) is 6.92 Å². The molecule has 0 bridgehead atoms. The number of nitrogens with zero attached hydrogens (tertiary/aromatic N) is 1. The van der Waals surface area contributed by atoms with Crippen LogP contribution in [0.4, 0.5) is 4.79 Å². The molecule has 6 heteroatoms. The first-order valence-electron chi connectivity index (χ1n) is 7.42. The van der Waals surface area contributed by atoms with Gasteiger partial charge in [-0.2, -0.15) is 0 Å². The summed E-state index contributed by atoms with van der Waals surface area (Å²) in [7, 11) is 0. The predicted octanol–water partition coefficient (Wildman–Crippen LogP) is 1.03.